The van der Waals surface area contributed by atoms with E-state index in [1.54, 1.807) is 23.0 Å². The van der Waals surface area contributed by atoms with Crippen LogP contribution < -0.4 is 5.56 Å². The Balaban J connectivity index is 1.20. The zero-order chi connectivity index (χ0) is 22.2. The number of thiophene rings is 1. The number of carbonyl (C=O) groups is 1. The normalized spacial score (nSPS) is 16.6. The molecule has 1 amide bonds. The number of piperazine rings is 1. The maximum Gasteiger partial charge on any atom is 0.262 e. The molecule has 6 nitrogen and oxygen atoms in total. The molecule has 0 radical (unpaired) electrons. The van der Waals surface area contributed by atoms with E-state index in [1.807, 2.05) is 4.90 Å². The van der Waals surface area contributed by atoms with Crippen molar-refractivity contribution < 1.29 is 4.79 Å². The zero-order valence-corrected chi connectivity index (χ0v) is 20.2. The second-order valence-corrected chi connectivity index (χ2v) is 10.7. The minimum absolute atomic E-state index is 0.0224. The fraction of sp³-hybridized carbons (Fsp3) is 0.458. The fourth-order valence-corrected chi connectivity index (χ4v) is 6.81. The Morgan fingerprint density at radius 2 is 1.94 bits per heavy atom. The molecule has 0 atom stereocenters. The summed E-state index contributed by atoms with van der Waals surface area (Å²) in [6, 6.07) is 8.48. The first-order valence-corrected chi connectivity index (χ1v) is 13.0. The van der Waals surface area contributed by atoms with Crippen molar-refractivity contribution in [3.63, 3.8) is 0 Å². The van der Waals surface area contributed by atoms with Crippen molar-refractivity contribution >= 4 is 39.2 Å². The molecule has 0 spiro atoms. The number of rotatable bonds is 5. The molecule has 0 bridgehead atoms. The van der Waals surface area contributed by atoms with E-state index < -0.39 is 0 Å². The predicted molar refractivity (Wildman–Crippen MR) is 131 cm³/mol. The first kappa shape index (κ1) is 21.7. The van der Waals surface area contributed by atoms with Crippen molar-refractivity contribution in [3.05, 3.63) is 56.2 Å². The van der Waals surface area contributed by atoms with Gasteiger partial charge in [0.1, 0.15) is 4.83 Å². The second kappa shape index (κ2) is 9.00. The quantitative estimate of drug-likeness (QED) is 0.425. The molecule has 0 unspecified atom stereocenters. The monoisotopic (exact) mass is 468 g/mol. The average Bonchev–Trinajstić information content (AvgIpc) is 3.38. The van der Waals surface area contributed by atoms with Crippen molar-refractivity contribution in [2.45, 2.75) is 37.9 Å². The van der Waals surface area contributed by atoms with Gasteiger partial charge < -0.3 is 4.90 Å². The van der Waals surface area contributed by atoms with Crippen LogP contribution >= 0.6 is 23.1 Å². The van der Waals surface area contributed by atoms with Crippen LogP contribution in [-0.2, 0) is 31.2 Å². The topological polar surface area (TPSA) is 58.4 Å². The molecule has 3 heterocycles. The van der Waals surface area contributed by atoms with Crippen LogP contribution in [0.2, 0.25) is 0 Å². The van der Waals surface area contributed by atoms with E-state index in [0.717, 1.165) is 62.2 Å². The number of aryl methyl sites for hydroxylation is 3. The molecule has 1 aliphatic carbocycles. The number of hydrogen-bond acceptors (Lipinski definition) is 6. The van der Waals surface area contributed by atoms with E-state index in [-0.39, 0.29) is 11.5 Å². The molecule has 1 fully saturated rings. The Morgan fingerprint density at radius 1 is 1.16 bits per heavy atom. The third kappa shape index (κ3) is 4.11. The molecule has 1 aliphatic heterocycles. The summed E-state index contributed by atoms with van der Waals surface area (Å²) in [4.78, 5) is 37.0. The standard InChI is InChI=1S/C24H28N4O2S2/c1-16-6-3-4-7-17(16)14-27-10-12-28(13-11-27)20(29)15-31-24-25-22-21(23(30)26(24)2)18-8-5-9-19(18)32-22/h3-4,6-7H,5,8-15H2,1-2H3. The Hall–Kier alpha value is -2.16. The first-order chi connectivity index (χ1) is 15.5. The van der Waals surface area contributed by atoms with Crippen molar-refractivity contribution in [1.29, 1.82) is 0 Å². The van der Waals surface area contributed by atoms with Crippen molar-refractivity contribution in [1.82, 2.24) is 19.4 Å². The summed E-state index contributed by atoms with van der Waals surface area (Å²) in [7, 11) is 1.77. The molecule has 2 aromatic heterocycles. The lowest BCUT2D eigenvalue weighted by Gasteiger charge is -2.35. The number of amides is 1. The van der Waals surface area contributed by atoms with Crippen LogP contribution in [0.3, 0.4) is 0 Å². The number of aromatic nitrogens is 2. The van der Waals surface area contributed by atoms with Crippen LogP contribution in [0.5, 0.6) is 0 Å². The Kier molecular flexibility index (Phi) is 6.09. The summed E-state index contributed by atoms with van der Waals surface area (Å²) in [5.74, 6) is 0.433. The number of thioether (sulfide) groups is 1. The lowest BCUT2D eigenvalue weighted by Crippen LogP contribution is -2.48. The van der Waals surface area contributed by atoms with E-state index >= 15 is 0 Å². The lowest BCUT2D eigenvalue weighted by molar-refractivity contribution is -0.130. The van der Waals surface area contributed by atoms with Crippen LogP contribution in [0.25, 0.3) is 10.2 Å². The molecular weight excluding hydrogens is 440 g/mol. The number of hydrogen-bond donors (Lipinski definition) is 0. The lowest BCUT2D eigenvalue weighted by atomic mass is 10.1. The third-order valence-electron chi connectivity index (χ3n) is 6.61. The van der Waals surface area contributed by atoms with Gasteiger partial charge in [-0.05, 0) is 42.9 Å². The summed E-state index contributed by atoms with van der Waals surface area (Å²) >= 11 is 3.03. The van der Waals surface area contributed by atoms with Crippen LogP contribution in [0, 0.1) is 6.92 Å². The van der Waals surface area contributed by atoms with Gasteiger partial charge in [0.25, 0.3) is 5.56 Å². The molecular formula is C24H28N4O2S2. The highest BCUT2D eigenvalue weighted by atomic mass is 32.2. The minimum Gasteiger partial charge on any atom is -0.339 e. The molecule has 1 saturated heterocycles. The maximum absolute atomic E-state index is 12.9. The summed E-state index contributed by atoms with van der Waals surface area (Å²) in [6.07, 6.45) is 3.16. The summed E-state index contributed by atoms with van der Waals surface area (Å²) in [6.45, 7) is 6.33. The number of benzene rings is 1. The van der Waals surface area contributed by atoms with Gasteiger partial charge in [-0.15, -0.1) is 11.3 Å². The van der Waals surface area contributed by atoms with Crippen molar-refractivity contribution in [3.8, 4) is 0 Å². The molecule has 0 N–H and O–H groups in total. The van der Waals surface area contributed by atoms with Gasteiger partial charge in [-0.3, -0.25) is 19.1 Å². The van der Waals surface area contributed by atoms with Gasteiger partial charge in [-0.2, -0.15) is 0 Å². The van der Waals surface area contributed by atoms with E-state index in [4.69, 9.17) is 4.98 Å². The van der Waals surface area contributed by atoms with Crippen LogP contribution in [0.1, 0.15) is 28.0 Å². The highest BCUT2D eigenvalue weighted by Crippen LogP contribution is 2.35. The van der Waals surface area contributed by atoms with Gasteiger partial charge in [0.2, 0.25) is 5.91 Å². The van der Waals surface area contributed by atoms with Gasteiger partial charge in [-0.25, -0.2) is 4.98 Å². The molecule has 5 rings (SSSR count). The van der Waals surface area contributed by atoms with E-state index in [0.29, 0.717) is 10.9 Å². The molecule has 1 aromatic carbocycles. The van der Waals surface area contributed by atoms with Crippen molar-refractivity contribution in [2.24, 2.45) is 7.05 Å². The highest BCUT2D eigenvalue weighted by molar-refractivity contribution is 7.99. The average molecular weight is 469 g/mol. The van der Waals surface area contributed by atoms with Gasteiger partial charge in [0.15, 0.2) is 5.16 Å². The Labute approximate surface area is 196 Å². The molecule has 168 valence electrons. The van der Waals surface area contributed by atoms with Crippen molar-refractivity contribution in [2.75, 3.05) is 31.9 Å². The smallest absolute Gasteiger partial charge is 0.262 e. The highest BCUT2D eigenvalue weighted by Gasteiger charge is 2.24. The number of carbonyl (C=O) groups excluding carboxylic acids is 1. The SMILES string of the molecule is Cc1ccccc1CN1CCN(C(=O)CSc2nc3sc4c(c3c(=O)n2C)CCC4)CC1. The Morgan fingerprint density at radius 3 is 2.72 bits per heavy atom. The summed E-state index contributed by atoms with van der Waals surface area (Å²) in [5, 5.41) is 1.43. The minimum atomic E-state index is 0.0224. The van der Waals surface area contributed by atoms with Gasteiger partial charge in [0.05, 0.1) is 11.1 Å². The molecule has 2 aliphatic rings. The number of fused-ring (bicyclic) bond motifs is 3. The third-order valence-corrected chi connectivity index (χ3v) is 8.81. The largest absolute Gasteiger partial charge is 0.339 e. The Bertz CT molecular complexity index is 1220. The maximum atomic E-state index is 12.9. The van der Waals surface area contributed by atoms with Gasteiger partial charge >= 0.3 is 0 Å². The molecule has 32 heavy (non-hydrogen) atoms. The van der Waals surface area contributed by atoms with Crippen LogP contribution in [-0.4, -0.2) is 57.2 Å². The zero-order valence-electron chi connectivity index (χ0n) is 18.6. The number of nitrogens with zero attached hydrogens (tertiary/aromatic N) is 4. The van der Waals surface area contributed by atoms with E-state index in [9.17, 15) is 9.59 Å². The molecule has 0 saturated carbocycles. The van der Waals surface area contributed by atoms with Crippen LogP contribution in [0.4, 0.5) is 0 Å². The van der Waals surface area contributed by atoms with E-state index in [2.05, 4.69) is 36.1 Å². The second-order valence-electron chi connectivity index (χ2n) is 8.67. The summed E-state index contributed by atoms with van der Waals surface area (Å²) < 4.78 is 1.62. The predicted octanol–water partition coefficient (Wildman–Crippen LogP) is 3.23. The molecule has 8 heteroatoms. The summed E-state index contributed by atoms with van der Waals surface area (Å²) in [5.41, 5.74) is 3.89. The van der Waals surface area contributed by atoms with Gasteiger partial charge in [-0.1, -0.05) is 36.0 Å². The van der Waals surface area contributed by atoms with Crippen LogP contribution in [0.15, 0.2) is 34.2 Å². The van der Waals surface area contributed by atoms with E-state index in [1.165, 1.54) is 33.3 Å². The van der Waals surface area contributed by atoms with Gasteiger partial charge in [0, 0.05) is 44.6 Å². The first-order valence-electron chi connectivity index (χ1n) is 11.2. The molecule has 3 aromatic rings. The fourth-order valence-electron chi connectivity index (χ4n) is 4.64.